The molecule has 1 atom stereocenters. The molecule has 1 saturated heterocycles. The summed E-state index contributed by atoms with van der Waals surface area (Å²) in [4.78, 5) is 15.8. The van der Waals surface area contributed by atoms with Gasteiger partial charge in [-0.2, -0.15) is 18.4 Å². The number of nitrogen functional groups attached to an aromatic ring is 1. The molecule has 0 aliphatic carbocycles. The van der Waals surface area contributed by atoms with Crippen LogP contribution in [-0.2, 0) is 11.0 Å². The molecule has 3 rings (SSSR count). The van der Waals surface area contributed by atoms with Gasteiger partial charge in [-0.15, -0.1) is 0 Å². The minimum absolute atomic E-state index is 0.0228. The fraction of sp³-hybridized carbons (Fsp3) is 0.250. The number of rotatable bonds is 4. The Kier molecular flexibility index (Phi) is 5.48. The summed E-state index contributed by atoms with van der Waals surface area (Å²) in [6.07, 6.45) is -3.58. The molecule has 0 saturated carbocycles. The highest BCUT2D eigenvalue weighted by atomic mass is 32.1. The third kappa shape index (κ3) is 3.76. The average Bonchev–Trinajstić information content (AvgIpc) is 2.92. The van der Waals surface area contributed by atoms with Crippen molar-refractivity contribution in [3.63, 3.8) is 0 Å². The van der Waals surface area contributed by atoms with Gasteiger partial charge in [-0.05, 0) is 61.1 Å². The number of thiocarbonyl (C=S) groups is 1. The molecule has 2 N–H and O–H groups in total. The first kappa shape index (κ1) is 20.6. The first-order valence-corrected chi connectivity index (χ1v) is 9.24. The van der Waals surface area contributed by atoms with Crippen molar-refractivity contribution in [3.05, 3.63) is 53.6 Å². The van der Waals surface area contributed by atoms with E-state index in [2.05, 4.69) is 0 Å². The second kappa shape index (κ2) is 7.72. The molecule has 0 aromatic heterocycles. The Morgan fingerprint density at radius 2 is 1.79 bits per heavy atom. The van der Waals surface area contributed by atoms with E-state index in [4.69, 9.17) is 23.2 Å². The van der Waals surface area contributed by atoms with Crippen LogP contribution in [0.1, 0.15) is 30.9 Å². The molecule has 150 valence electrons. The predicted molar refractivity (Wildman–Crippen MR) is 108 cm³/mol. The normalized spacial score (nSPS) is 17.0. The largest absolute Gasteiger partial charge is 0.417 e. The monoisotopic (exact) mass is 418 g/mol. The zero-order chi connectivity index (χ0) is 21.3. The Balaban J connectivity index is 2.09. The Labute approximate surface area is 171 Å². The summed E-state index contributed by atoms with van der Waals surface area (Å²) in [7, 11) is 0. The predicted octanol–water partition coefficient (Wildman–Crippen LogP) is 4.47. The van der Waals surface area contributed by atoms with E-state index in [0.717, 1.165) is 17.0 Å². The molecule has 29 heavy (non-hydrogen) atoms. The number of hydrogen-bond donors (Lipinski definition) is 1. The summed E-state index contributed by atoms with van der Waals surface area (Å²) in [6.45, 7) is 1.91. The van der Waals surface area contributed by atoms with Crippen molar-refractivity contribution >= 4 is 40.3 Å². The van der Waals surface area contributed by atoms with E-state index in [1.807, 2.05) is 6.92 Å². The summed E-state index contributed by atoms with van der Waals surface area (Å²) < 4.78 is 40.1. The van der Waals surface area contributed by atoms with Crippen molar-refractivity contribution < 1.29 is 18.0 Å². The van der Waals surface area contributed by atoms with Crippen molar-refractivity contribution in [2.24, 2.45) is 0 Å². The van der Waals surface area contributed by atoms with E-state index in [0.29, 0.717) is 24.2 Å². The van der Waals surface area contributed by atoms with Gasteiger partial charge >= 0.3 is 6.18 Å². The number of nitrogens with two attached hydrogens (primary N) is 1. The van der Waals surface area contributed by atoms with E-state index in [9.17, 15) is 18.0 Å². The van der Waals surface area contributed by atoms with Crippen molar-refractivity contribution in [2.75, 3.05) is 15.5 Å². The molecule has 1 amide bonds. The highest BCUT2D eigenvalue weighted by Crippen LogP contribution is 2.37. The first-order valence-electron chi connectivity index (χ1n) is 8.83. The van der Waals surface area contributed by atoms with E-state index in [1.54, 1.807) is 29.2 Å². The lowest BCUT2D eigenvalue weighted by Crippen LogP contribution is -2.35. The summed E-state index contributed by atoms with van der Waals surface area (Å²) in [6, 6.07) is 10.8. The Morgan fingerprint density at radius 3 is 2.34 bits per heavy atom. The van der Waals surface area contributed by atoms with Gasteiger partial charge in [0.2, 0.25) is 0 Å². The summed E-state index contributed by atoms with van der Waals surface area (Å²) in [5.74, 6) is -0.411. The van der Waals surface area contributed by atoms with Crippen molar-refractivity contribution in [1.82, 2.24) is 0 Å². The van der Waals surface area contributed by atoms with E-state index >= 15 is 0 Å². The van der Waals surface area contributed by atoms with E-state index in [-0.39, 0.29) is 10.8 Å². The molecule has 2 aromatic rings. The topological polar surface area (TPSA) is 73.4 Å². The van der Waals surface area contributed by atoms with Gasteiger partial charge in [0.05, 0.1) is 22.9 Å². The lowest BCUT2D eigenvalue weighted by Gasteiger charge is -2.24. The number of carbonyl (C=O) groups excluding carboxylic acids is 1. The fourth-order valence-corrected chi connectivity index (χ4v) is 3.72. The Morgan fingerprint density at radius 1 is 1.17 bits per heavy atom. The number of carbonyl (C=O) groups is 1. The van der Waals surface area contributed by atoms with Crippen LogP contribution in [0.25, 0.3) is 0 Å². The van der Waals surface area contributed by atoms with Crippen LogP contribution in [-0.4, -0.2) is 17.1 Å². The number of anilines is 3. The zero-order valence-electron chi connectivity index (χ0n) is 15.4. The molecule has 1 aliphatic heterocycles. The molecule has 0 radical (unpaired) electrons. The Hall–Kier alpha value is -3.12. The molecule has 0 spiro atoms. The zero-order valence-corrected chi connectivity index (χ0v) is 16.2. The lowest BCUT2D eigenvalue weighted by molar-refractivity contribution is -0.137. The van der Waals surface area contributed by atoms with Crippen molar-refractivity contribution in [1.29, 1.82) is 5.26 Å². The fourth-order valence-electron chi connectivity index (χ4n) is 3.29. The van der Waals surface area contributed by atoms with Gasteiger partial charge in [-0.3, -0.25) is 9.69 Å². The van der Waals surface area contributed by atoms with E-state index in [1.165, 1.54) is 12.1 Å². The van der Waals surface area contributed by atoms with Gasteiger partial charge in [0, 0.05) is 11.4 Å². The maximum atomic E-state index is 13.4. The van der Waals surface area contributed by atoms with Crippen LogP contribution >= 0.6 is 12.2 Å². The molecule has 2 aromatic carbocycles. The second-order valence-electron chi connectivity index (χ2n) is 6.56. The standard InChI is InChI=1S/C20H17F3N4OS/c1-2-3-17-18(28)27(19(29)26(17)14-8-5-13(25)6-9-14)15-7-4-12(11-24)16(10-15)20(21,22)23/h4-10,17H,2-3,25H2,1H3. The number of alkyl halides is 3. The number of hydrogen-bond acceptors (Lipinski definition) is 4. The first-order chi connectivity index (χ1) is 13.7. The van der Waals surface area contributed by atoms with Gasteiger partial charge < -0.3 is 10.6 Å². The third-order valence-corrected chi connectivity index (χ3v) is 5.01. The molecule has 1 fully saturated rings. The Bertz CT molecular complexity index is 998. The number of halogens is 3. The smallest absolute Gasteiger partial charge is 0.399 e. The number of nitrogens with zero attached hydrogens (tertiary/aromatic N) is 3. The number of benzene rings is 2. The highest BCUT2D eigenvalue weighted by Gasteiger charge is 2.44. The summed E-state index contributed by atoms with van der Waals surface area (Å²) in [5.41, 5.74) is 5.25. The van der Waals surface area contributed by atoms with Crippen LogP contribution in [0.15, 0.2) is 42.5 Å². The molecule has 1 heterocycles. The van der Waals surface area contributed by atoms with Crippen molar-refractivity contribution in [3.8, 4) is 6.07 Å². The summed E-state index contributed by atoms with van der Waals surface area (Å²) >= 11 is 5.48. The van der Waals surface area contributed by atoms with E-state index < -0.39 is 29.3 Å². The van der Waals surface area contributed by atoms with Gasteiger partial charge in [-0.25, -0.2) is 0 Å². The maximum Gasteiger partial charge on any atom is 0.417 e. The van der Waals surface area contributed by atoms with Gasteiger partial charge in [0.15, 0.2) is 5.11 Å². The van der Waals surface area contributed by atoms with Gasteiger partial charge in [0.1, 0.15) is 6.04 Å². The molecule has 1 aliphatic rings. The van der Waals surface area contributed by atoms with Gasteiger partial charge in [-0.1, -0.05) is 13.3 Å². The molecule has 5 nitrogen and oxygen atoms in total. The van der Waals surface area contributed by atoms with Crippen LogP contribution < -0.4 is 15.5 Å². The number of nitriles is 1. The maximum absolute atomic E-state index is 13.4. The lowest BCUT2D eigenvalue weighted by atomic mass is 10.1. The summed E-state index contributed by atoms with van der Waals surface area (Å²) in [5, 5.41) is 9.07. The average molecular weight is 418 g/mol. The minimum Gasteiger partial charge on any atom is -0.399 e. The van der Waals surface area contributed by atoms with Gasteiger partial charge in [0.25, 0.3) is 5.91 Å². The van der Waals surface area contributed by atoms with Crippen LogP contribution in [0.2, 0.25) is 0 Å². The molecule has 1 unspecified atom stereocenters. The molecule has 9 heteroatoms. The van der Waals surface area contributed by atoms with Crippen LogP contribution in [0.4, 0.5) is 30.2 Å². The van der Waals surface area contributed by atoms with Crippen LogP contribution in [0.5, 0.6) is 0 Å². The quantitative estimate of drug-likeness (QED) is 0.586. The SMILES string of the molecule is CCCC1C(=O)N(c2ccc(C#N)c(C(F)(F)F)c2)C(=S)N1c1ccc(N)cc1. The molecular formula is C20H17F3N4OS. The van der Waals surface area contributed by atoms with Crippen LogP contribution in [0.3, 0.4) is 0 Å². The molecular weight excluding hydrogens is 401 g/mol. The number of amides is 1. The van der Waals surface area contributed by atoms with Crippen molar-refractivity contribution in [2.45, 2.75) is 32.0 Å². The third-order valence-electron chi connectivity index (χ3n) is 4.64. The molecule has 0 bridgehead atoms. The highest BCUT2D eigenvalue weighted by molar-refractivity contribution is 7.81. The minimum atomic E-state index is -4.73. The van der Waals surface area contributed by atoms with Crippen LogP contribution in [0, 0.1) is 11.3 Å². The second-order valence-corrected chi connectivity index (χ2v) is 6.93.